The molecule has 1 unspecified atom stereocenters. The van der Waals surface area contributed by atoms with Crippen LogP contribution in [0.25, 0.3) is 0 Å². The van der Waals surface area contributed by atoms with E-state index in [1.807, 2.05) is 0 Å². The Hall–Kier alpha value is 0.870. The van der Waals surface area contributed by atoms with Gasteiger partial charge in [-0.05, 0) is 12.8 Å². The van der Waals surface area contributed by atoms with Crippen LogP contribution in [0.15, 0.2) is 0 Å². The van der Waals surface area contributed by atoms with Gasteiger partial charge in [0.25, 0.3) is 0 Å². The van der Waals surface area contributed by atoms with E-state index in [0.29, 0.717) is 12.8 Å². The number of hydrogen-bond acceptors (Lipinski definition) is 4. The van der Waals surface area contributed by atoms with E-state index in [2.05, 4.69) is 13.8 Å². The fourth-order valence-electron chi connectivity index (χ4n) is 5.01. The molecule has 0 aromatic carbocycles. The first kappa shape index (κ1) is 39.0. The Bertz CT molecular complexity index is 513. The summed E-state index contributed by atoms with van der Waals surface area (Å²) in [5.74, 6) is 0. The maximum atomic E-state index is 11.1. The molecule has 0 radical (unpaired) electrons. The van der Waals surface area contributed by atoms with Crippen molar-refractivity contribution >= 4 is 10.4 Å². The molecular formula is C30H61NaO4S. The summed E-state index contributed by atoms with van der Waals surface area (Å²) in [6, 6.07) is 0. The van der Waals surface area contributed by atoms with E-state index in [-0.39, 0.29) is 29.6 Å². The van der Waals surface area contributed by atoms with Gasteiger partial charge in [-0.2, -0.15) is 0 Å². The molecule has 0 aliphatic rings. The molecule has 6 heteroatoms. The summed E-state index contributed by atoms with van der Waals surface area (Å²) in [5.41, 5.74) is 0. The summed E-state index contributed by atoms with van der Waals surface area (Å²) >= 11 is 0. The van der Waals surface area contributed by atoms with Gasteiger partial charge in [-0.15, -0.1) is 0 Å². The molecule has 0 rings (SSSR count). The molecule has 0 amide bonds. The maximum Gasteiger partial charge on any atom is 1.00 e. The standard InChI is InChI=1S/C30H62O4S.Na/c1-3-5-7-9-11-13-14-15-16-17-18-19-21-23-25-27-29-30(34-35(31,32)33)28-26-24-22-20-12-10-8-6-4-2;/h30H,3-29H2,1-2H3,(H,31,32,33);/q;+1/p-1. The van der Waals surface area contributed by atoms with Crippen molar-refractivity contribution in [1.29, 1.82) is 0 Å². The molecule has 0 bridgehead atoms. The van der Waals surface area contributed by atoms with E-state index in [9.17, 15) is 13.0 Å². The van der Waals surface area contributed by atoms with E-state index in [0.717, 1.165) is 25.7 Å². The van der Waals surface area contributed by atoms with E-state index < -0.39 is 16.5 Å². The van der Waals surface area contributed by atoms with Crippen LogP contribution in [0, 0.1) is 0 Å². The van der Waals surface area contributed by atoms with E-state index in [4.69, 9.17) is 4.18 Å². The third kappa shape index (κ3) is 32.9. The van der Waals surface area contributed by atoms with Crippen molar-refractivity contribution in [2.45, 2.75) is 193 Å². The first-order valence-electron chi connectivity index (χ1n) is 15.6. The van der Waals surface area contributed by atoms with E-state index >= 15 is 0 Å². The van der Waals surface area contributed by atoms with Crippen molar-refractivity contribution in [3.63, 3.8) is 0 Å². The SMILES string of the molecule is CCCCCCCCCCCCCCCCCCC(CCCCCCCCCCC)OS(=O)(=O)[O-].[Na+]. The third-order valence-corrected chi connectivity index (χ3v) is 7.77. The van der Waals surface area contributed by atoms with Gasteiger partial charge in [0.05, 0.1) is 6.10 Å². The molecular weight excluding hydrogens is 479 g/mol. The van der Waals surface area contributed by atoms with Crippen molar-refractivity contribution < 1.29 is 46.7 Å². The van der Waals surface area contributed by atoms with E-state index in [1.165, 1.54) is 135 Å². The van der Waals surface area contributed by atoms with Gasteiger partial charge in [0.2, 0.25) is 10.4 Å². The summed E-state index contributed by atoms with van der Waals surface area (Å²) in [7, 11) is -4.61. The Morgan fingerprint density at radius 3 is 0.917 bits per heavy atom. The monoisotopic (exact) mass is 540 g/mol. The molecule has 1 atom stereocenters. The first-order chi connectivity index (χ1) is 17.0. The summed E-state index contributed by atoms with van der Waals surface area (Å²) < 4.78 is 38.1. The molecule has 212 valence electrons. The second-order valence-corrected chi connectivity index (χ2v) is 11.8. The minimum absolute atomic E-state index is 0. The van der Waals surface area contributed by atoms with Crippen molar-refractivity contribution in [2.24, 2.45) is 0 Å². The van der Waals surface area contributed by atoms with Gasteiger partial charge in [-0.25, -0.2) is 8.42 Å². The van der Waals surface area contributed by atoms with Gasteiger partial charge in [0, 0.05) is 0 Å². The molecule has 36 heavy (non-hydrogen) atoms. The molecule has 0 spiro atoms. The molecule has 0 aliphatic heterocycles. The average molecular weight is 541 g/mol. The van der Waals surface area contributed by atoms with Crippen LogP contribution in [0.1, 0.15) is 187 Å². The molecule has 0 heterocycles. The summed E-state index contributed by atoms with van der Waals surface area (Å²) in [5, 5.41) is 0. The summed E-state index contributed by atoms with van der Waals surface area (Å²) in [6.07, 6.45) is 33.2. The van der Waals surface area contributed by atoms with E-state index in [1.54, 1.807) is 0 Å². The van der Waals surface area contributed by atoms with Crippen LogP contribution in [0.2, 0.25) is 0 Å². The molecule has 0 fully saturated rings. The Kier molecular flexibility index (Phi) is 33.0. The predicted octanol–water partition coefficient (Wildman–Crippen LogP) is 7.41. The average Bonchev–Trinajstić information content (AvgIpc) is 2.81. The van der Waals surface area contributed by atoms with Crippen LogP contribution in [-0.4, -0.2) is 19.1 Å². The summed E-state index contributed by atoms with van der Waals surface area (Å²) in [6.45, 7) is 4.51. The van der Waals surface area contributed by atoms with Crippen LogP contribution in [0.5, 0.6) is 0 Å². The van der Waals surface area contributed by atoms with Gasteiger partial charge in [-0.1, -0.05) is 174 Å². The van der Waals surface area contributed by atoms with Crippen LogP contribution in [0.4, 0.5) is 0 Å². The second kappa shape index (κ2) is 30.4. The van der Waals surface area contributed by atoms with Crippen molar-refractivity contribution in [3.05, 3.63) is 0 Å². The van der Waals surface area contributed by atoms with Gasteiger partial charge in [0.15, 0.2) is 0 Å². The molecule has 0 N–H and O–H groups in total. The quantitative estimate of drug-likeness (QED) is 0.0429. The molecule has 4 nitrogen and oxygen atoms in total. The van der Waals surface area contributed by atoms with Gasteiger partial charge in [0.1, 0.15) is 0 Å². The fraction of sp³-hybridized carbons (Fsp3) is 1.00. The first-order valence-corrected chi connectivity index (χ1v) is 17.0. The number of hydrogen-bond donors (Lipinski definition) is 0. The van der Waals surface area contributed by atoms with Gasteiger partial charge in [-0.3, -0.25) is 4.18 Å². The zero-order valence-corrected chi connectivity index (χ0v) is 27.5. The van der Waals surface area contributed by atoms with Crippen LogP contribution in [0.3, 0.4) is 0 Å². The molecule has 0 saturated carbocycles. The minimum Gasteiger partial charge on any atom is -0.726 e. The molecule has 0 saturated heterocycles. The second-order valence-electron chi connectivity index (χ2n) is 10.8. The molecule has 0 aromatic rings. The van der Waals surface area contributed by atoms with Crippen LogP contribution < -0.4 is 29.6 Å². The Morgan fingerprint density at radius 1 is 0.472 bits per heavy atom. The zero-order valence-electron chi connectivity index (χ0n) is 24.7. The minimum atomic E-state index is -4.61. The topological polar surface area (TPSA) is 66.4 Å². The third-order valence-electron chi connectivity index (χ3n) is 7.26. The van der Waals surface area contributed by atoms with Gasteiger partial charge < -0.3 is 4.55 Å². The maximum absolute atomic E-state index is 11.1. The Labute approximate surface area is 249 Å². The number of unbranched alkanes of at least 4 members (excludes halogenated alkanes) is 23. The molecule has 0 aromatic heterocycles. The van der Waals surface area contributed by atoms with Crippen LogP contribution in [-0.2, 0) is 14.6 Å². The summed E-state index contributed by atoms with van der Waals surface area (Å²) in [4.78, 5) is 0. The molecule has 0 aliphatic carbocycles. The van der Waals surface area contributed by atoms with Crippen LogP contribution >= 0.6 is 0 Å². The van der Waals surface area contributed by atoms with Crippen molar-refractivity contribution in [1.82, 2.24) is 0 Å². The predicted molar refractivity (Wildman–Crippen MR) is 151 cm³/mol. The normalized spacial score (nSPS) is 12.5. The van der Waals surface area contributed by atoms with Gasteiger partial charge >= 0.3 is 29.6 Å². The van der Waals surface area contributed by atoms with Crippen molar-refractivity contribution in [3.8, 4) is 0 Å². The number of rotatable bonds is 29. The van der Waals surface area contributed by atoms with Crippen molar-refractivity contribution in [2.75, 3.05) is 0 Å². The largest absolute Gasteiger partial charge is 1.00 e. The Balaban J connectivity index is 0. The fourth-order valence-corrected chi connectivity index (χ4v) is 5.54. The zero-order chi connectivity index (χ0) is 25.9. The smallest absolute Gasteiger partial charge is 0.726 e. The Morgan fingerprint density at radius 2 is 0.694 bits per heavy atom.